The first-order valence-corrected chi connectivity index (χ1v) is 5.73. The second kappa shape index (κ2) is 5.99. The van der Waals surface area contributed by atoms with Crippen LogP contribution >= 0.6 is 11.6 Å². The summed E-state index contributed by atoms with van der Waals surface area (Å²) in [6.07, 6.45) is -1.55. The maximum atomic E-state index is 11.5. The SMILES string of the molecule is COC(=O)c1nc(C)c([C@H](O)C(=O)OC)c(Cl)c1C. The number of methoxy groups -OCH3 is 2. The van der Waals surface area contributed by atoms with Gasteiger partial charge in [0.15, 0.2) is 11.8 Å². The number of aryl methyl sites for hydroxylation is 1. The average molecular weight is 288 g/mol. The third kappa shape index (κ3) is 2.85. The fraction of sp³-hybridized carbons (Fsp3) is 0.417. The van der Waals surface area contributed by atoms with Gasteiger partial charge in [0.25, 0.3) is 0 Å². The van der Waals surface area contributed by atoms with Crippen molar-refractivity contribution in [3.63, 3.8) is 0 Å². The molecule has 1 heterocycles. The predicted octanol–water partition coefficient (Wildman–Crippen LogP) is 1.34. The number of carbonyl (C=O) groups is 2. The quantitative estimate of drug-likeness (QED) is 0.845. The Kier molecular flexibility index (Phi) is 4.85. The normalized spacial score (nSPS) is 11.9. The number of nitrogens with zero attached hydrogens (tertiary/aromatic N) is 1. The van der Waals surface area contributed by atoms with Gasteiger partial charge in [0.1, 0.15) is 0 Å². The number of aliphatic hydroxyl groups is 1. The predicted molar refractivity (Wildman–Crippen MR) is 67.0 cm³/mol. The first kappa shape index (κ1) is 15.4. The summed E-state index contributed by atoms with van der Waals surface area (Å²) in [5.74, 6) is -1.49. The summed E-state index contributed by atoms with van der Waals surface area (Å²) in [6, 6.07) is 0. The molecule has 0 aliphatic heterocycles. The molecule has 1 N–H and O–H groups in total. The topological polar surface area (TPSA) is 85.7 Å². The Morgan fingerprint density at radius 3 is 2.32 bits per heavy atom. The van der Waals surface area contributed by atoms with E-state index in [0.717, 1.165) is 7.11 Å². The van der Waals surface area contributed by atoms with Gasteiger partial charge < -0.3 is 14.6 Å². The lowest BCUT2D eigenvalue weighted by Crippen LogP contribution is -2.18. The minimum absolute atomic E-state index is 0.0471. The number of ether oxygens (including phenoxy) is 2. The van der Waals surface area contributed by atoms with Gasteiger partial charge in [-0.25, -0.2) is 14.6 Å². The number of carbonyl (C=O) groups excluding carboxylic acids is 2. The van der Waals surface area contributed by atoms with E-state index in [9.17, 15) is 14.7 Å². The maximum absolute atomic E-state index is 11.5. The molecule has 0 saturated carbocycles. The molecule has 19 heavy (non-hydrogen) atoms. The Bertz CT molecular complexity index is 529. The standard InChI is InChI=1S/C12H14ClNO5/c1-5-8(13)7(10(15)12(17)19-4)6(2)14-9(5)11(16)18-3/h10,15H,1-4H3/t10-/m0/s1. The lowest BCUT2D eigenvalue weighted by molar-refractivity contribution is -0.150. The molecule has 0 unspecified atom stereocenters. The van der Waals surface area contributed by atoms with Crippen molar-refractivity contribution in [1.82, 2.24) is 4.98 Å². The first-order valence-electron chi connectivity index (χ1n) is 5.35. The highest BCUT2D eigenvalue weighted by Gasteiger charge is 2.27. The van der Waals surface area contributed by atoms with Crippen molar-refractivity contribution in [3.05, 3.63) is 27.5 Å². The number of halogens is 1. The van der Waals surface area contributed by atoms with Crippen LogP contribution in [-0.4, -0.2) is 36.2 Å². The molecule has 104 valence electrons. The lowest BCUT2D eigenvalue weighted by atomic mass is 10.0. The molecule has 0 fully saturated rings. The van der Waals surface area contributed by atoms with E-state index in [4.69, 9.17) is 11.6 Å². The Balaban J connectivity index is 3.42. The Hall–Kier alpha value is -1.66. The fourth-order valence-electron chi connectivity index (χ4n) is 1.62. The summed E-state index contributed by atoms with van der Waals surface area (Å²) in [4.78, 5) is 26.9. The third-order valence-electron chi connectivity index (χ3n) is 2.67. The zero-order chi connectivity index (χ0) is 14.7. The van der Waals surface area contributed by atoms with Crippen molar-refractivity contribution in [3.8, 4) is 0 Å². The van der Waals surface area contributed by atoms with Crippen molar-refractivity contribution in [2.45, 2.75) is 20.0 Å². The Morgan fingerprint density at radius 2 is 1.84 bits per heavy atom. The van der Waals surface area contributed by atoms with Gasteiger partial charge in [0.2, 0.25) is 0 Å². The molecule has 7 heteroatoms. The number of aliphatic hydroxyl groups excluding tert-OH is 1. The summed E-state index contributed by atoms with van der Waals surface area (Å²) in [5, 5.41) is 9.94. The molecule has 1 rings (SSSR count). The Morgan fingerprint density at radius 1 is 1.26 bits per heavy atom. The third-order valence-corrected chi connectivity index (χ3v) is 3.15. The van der Waals surface area contributed by atoms with Crippen molar-refractivity contribution >= 4 is 23.5 Å². The molecule has 0 aliphatic rings. The summed E-state index contributed by atoms with van der Waals surface area (Å²) < 4.78 is 9.03. The van der Waals surface area contributed by atoms with Gasteiger partial charge in [-0.15, -0.1) is 0 Å². The van der Waals surface area contributed by atoms with Crippen LogP contribution in [0.2, 0.25) is 5.02 Å². The molecule has 1 aromatic heterocycles. The zero-order valence-electron chi connectivity index (χ0n) is 11.0. The van der Waals surface area contributed by atoms with E-state index >= 15 is 0 Å². The van der Waals surface area contributed by atoms with Crippen LogP contribution in [0.5, 0.6) is 0 Å². The van der Waals surface area contributed by atoms with Crippen molar-refractivity contribution in [2.24, 2.45) is 0 Å². The van der Waals surface area contributed by atoms with Gasteiger partial charge in [-0.3, -0.25) is 0 Å². The molecule has 6 nitrogen and oxygen atoms in total. The monoisotopic (exact) mass is 287 g/mol. The molecule has 0 amide bonds. The van der Waals surface area contributed by atoms with Gasteiger partial charge in [0.05, 0.1) is 19.2 Å². The van der Waals surface area contributed by atoms with E-state index < -0.39 is 18.0 Å². The van der Waals surface area contributed by atoms with E-state index in [1.165, 1.54) is 14.0 Å². The van der Waals surface area contributed by atoms with E-state index in [1.54, 1.807) is 6.92 Å². The highest BCUT2D eigenvalue weighted by Crippen LogP contribution is 2.31. The van der Waals surface area contributed by atoms with Crippen LogP contribution in [0.15, 0.2) is 0 Å². The summed E-state index contributed by atoms with van der Waals surface area (Å²) in [7, 11) is 2.38. The van der Waals surface area contributed by atoms with Gasteiger partial charge in [-0.2, -0.15) is 0 Å². The number of hydrogen-bond acceptors (Lipinski definition) is 6. The van der Waals surface area contributed by atoms with E-state index in [1.807, 2.05) is 0 Å². The average Bonchev–Trinajstić information content (AvgIpc) is 2.40. The second-order valence-electron chi connectivity index (χ2n) is 3.82. The molecule has 0 aromatic carbocycles. The first-order chi connectivity index (χ1) is 8.84. The Labute approximate surface area is 115 Å². The van der Waals surface area contributed by atoms with E-state index in [-0.39, 0.29) is 22.0 Å². The van der Waals surface area contributed by atoms with E-state index in [2.05, 4.69) is 14.5 Å². The number of hydrogen-bond donors (Lipinski definition) is 1. The van der Waals surface area contributed by atoms with Crippen molar-refractivity contribution in [2.75, 3.05) is 14.2 Å². The molecule has 1 atom stereocenters. The van der Waals surface area contributed by atoms with Crippen LogP contribution in [0.25, 0.3) is 0 Å². The molecule has 0 spiro atoms. The van der Waals surface area contributed by atoms with Crippen molar-refractivity contribution < 1.29 is 24.2 Å². The van der Waals surface area contributed by atoms with Crippen LogP contribution in [0.1, 0.15) is 33.4 Å². The van der Waals surface area contributed by atoms with Crippen LogP contribution in [0, 0.1) is 13.8 Å². The molecule has 0 bridgehead atoms. The van der Waals surface area contributed by atoms with Crippen molar-refractivity contribution in [1.29, 1.82) is 0 Å². The largest absolute Gasteiger partial charge is 0.467 e. The molecular weight excluding hydrogens is 274 g/mol. The molecule has 0 saturated heterocycles. The molecule has 0 aliphatic carbocycles. The smallest absolute Gasteiger partial charge is 0.356 e. The highest BCUT2D eigenvalue weighted by atomic mass is 35.5. The van der Waals surface area contributed by atoms with Gasteiger partial charge in [-0.1, -0.05) is 11.6 Å². The maximum Gasteiger partial charge on any atom is 0.356 e. The van der Waals surface area contributed by atoms with E-state index in [0.29, 0.717) is 5.56 Å². The lowest BCUT2D eigenvalue weighted by Gasteiger charge is -2.16. The minimum atomic E-state index is -1.55. The van der Waals surface area contributed by atoms with Crippen LogP contribution in [-0.2, 0) is 14.3 Å². The number of rotatable bonds is 3. The van der Waals surface area contributed by atoms with Crippen LogP contribution in [0.4, 0.5) is 0 Å². The van der Waals surface area contributed by atoms with Crippen LogP contribution in [0.3, 0.4) is 0 Å². The summed E-state index contributed by atoms with van der Waals surface area (Å²) in [5.41, 5.74) is 0.760. The second-order valence-corrected chi connectivity index (χ2v) is 4.19. The zero-order valence-corrected chi connectivity index (χ0v) is 11.7. The fourth-order valence-corrected chi connectivity index (χ4v) is 1.95. The van der Waals surface area contributed by atoms with Gasteiger partial charge in [-0.05, 0) is 13.8 Å². The summed E-state index contributed by atoms with van der Waals surface area (Å²) >= 11 is 6.09. The summed E-state index contributed by atoms with van der Waals surface area (Å²) in [6.45, 7) is 3.08. The minimum Gasteiger partial charge on any atom is -0.467 e. The number of pyridine rings is 1. The van der Waals surface area contributed by atoms with Crippen LogP contribution < -0.4 is 0 Å². The number of aromatic nitrogens is 1. The van der Waals surface area contributed by atoms with Gasteiger partial charge >= 0.3 is 11.9 Å². The number of esters is 2. The molecular formula is C12H14ClNO5. The highest BCUT2D eigenvalue weighted by molar-refractivity contribution is 6.32. The molecule has 1 aromatic rings. The molecule has 0 radical (unpaired) electrons. The van der Waals surface area contributed by atoms with Gasteiger partial charge in [0, 0.05) is 16.8 Å².